The SMILES string of the molecule is CCNC(c1nc2ccccc2cc1Br)C1CCOC1. The maximum Gasteiger partial charge on any atom is 0.0726 e. The van der Waals surface area contributed by atoms with Crippen molar-refractivity contribution in [1.29, 1.82) is 0 Å². The first-order valence-electron chi connectivity index (χ1n) is 7.16. The Bertz CT molecular complexity index is 596. The van der Waals surface area contributed by atoms with E-state index in [2.05, 4.69) is 46.4 Å². The summed E-state index contributed by atoms with van der Waals surface area (Å²) < 4.78 is 6.63. The molecule has 0 spiro atoms. The molecule has 0 bridgehead atoms. The number of aromatic nitrogens is 1. The predicted molar refractivity (Wildman–Crippen MR) is 84.8 cm³/mol. The summed E-state index contributed by atoms with van der Waals surface area (Å²) in [4.78, 5) is 4.87. The van der Waals surface area contributed by atoms with Crippen LogP contribution in [-0.4, -0.2) is 24.7 Å². The quantitative estimate of drug-likeness (QED) is 0.925. The van der Waals surface area contributed by atoms with Gasteiger partial charge in [-0.05, 0) is 41.0 Å². The number of ether oxygens (including phenoxy) is 1. The van der Waals surface area contributed by atoms with Gasteiger partial charge in [-0.3, -0.25) is 0 Å². The lowest BCUT2D eigenvalue weighted by Gasteiger charge is -2.24. The average molecular weight is 335 g/mol. The molecule has 1 aromatic carbocycles. The number of benzene rings is 1. The molecule has 2 unspecified atom stereocenters. The molecule has 20 heavy (non-hydrogen) atoms. The van der Waals surface area contributed by atoms with Gasteiger partial charge in [0.2, 0.25) is 0 Å². The Hall–Kier alpha value is -0.970. The van der Waals surface area contributed by atoms with Gasteiger partial charge in [0, 0.05) is 22.4 Å². The van der Waals surface area contributed by atoms with Gasteiger partial charge in [-0.1, -0.05) is 25.1 Å². The number of nitrogens with zero attached hydrogens (tertiary/aromatic N) is 1. The van der Waals surface area contributed by atoms with Crippen molar-refractivity contribution in [2.24, 2.45) is 5.92 Å². The molecule has 1 fully saturated rings. The highest BCUT2D eigenvalue weighted by molar-refractivity contribution is 9.10. The topological polar surface area (TPSA) is 34.2 Å². The van der Waals surface area contributed by atoms with Gasteiger partial charge in [0.25, 0.3) is 0 Å². The van der Waals surface area contributed by atoms with Gasteiger partial charge in [-0.15, -0.1) is 0 Å². The van der Waals surface area contributed by atoms with Gasteiger partial charge in [0.15, 0.2) is 0 Å². The Balaban J connectivity index is 2.02. The number of fused-ring (bicyclic) bond motifs is 1. The Kier molecular flexibility index (Phi) is 4.34. The fourth-order valence-electron chi connectivity index (χ4n) is 2.85. The summed E-state index contributed by atoms with van der Waals surface area (Å²) in [6.45, 7) is 4.75. The number of nitrogens with one attached hydrogen (secondary N) is 1. The molecule has 106 valence electrons. The van der Waals surface area contributed by atoms with E-state index < -0.39 is 0 Å². The summed E-state index contributed by atoms with van der Waals surface area (Å²) in [6, 6.07) is 10.7. The van der Waals surface area contributed by atoms with Gasteiger partial charge in [-0.2, -0.15) is 0 Å². The molecule has 1 aliphatic rings. The minimum atomic E-state index is 0.251. The molecule has 0 amide bonds. The zero-order valence-electron chi connectivity index (χ0n) is 11.6. The minimum absolute atomic E-state index is 0.251. The zero-order chi connectivity index (χ0) is 13.9. The Labute approximate surface area is 127 Å². The van der Waals surface area contributed by atoms with Crippen molar-refractivity contribution >= 4 is 26.8 Å². The molecule has 0 aliphatic carbocycles. The number of pyridine rings is 1. The molecular formula is C16H19BrN2O. The van der Waals surface area contributed by atoms with Crippen molar-refractivity contribution in [2.45, 2.75) is 19.4 Å². The highest BCUT2D eigenvalue weighted by Gasteiger charge is 2.29. The van der Waals surface area contributed by atoms with Crippen LogP contribution < -0.4 is 5.32 Å². The lowest BCUT2D eigenvalue weighted by Crippen LogP contribution is -2.29. The molecule has 1 aliphatic heterocycles. The van der Waals surface area contributed by atoms with Crippen LogP contribution in [0.4, 0.5) is 0 Å². The third kappa shape index (κ3) is 2.73. The van der Waals surface area contributed by atoms with Gasteiger partial charge in [-0.25, -0.2) is 4.98 Å². The number of halogens is 1. The molecule has 2 atom stereocenters. The molecule has 0 saturated carbocycles. The van der Waals surface area contributed by atoms with E-state index in [4.69, 9.17) is 9.72 Å². The van der Waals surface area contributed by atoms with E-state index in [9.17, 15) is 0 Å². The van der Waals surface area contributed by atoms with E-state index in [1.165, 1.54) is 5.39 Å². The Morgan fingerprint density at radius 1 is 1.45 bits per heavy atom. The standard InChI is InChI=1S/C16H19BrN2O/c1-2-18-15(12-7-8-20-10-12)16-13(17)9-11-5-3-4-6-14(11)19-16/h3-6,9,12,15,18H,2,7-8,10H2,1H3. The highest BCUT2D eigenvalue weighted by Crippen LogP contribution is 2.33. The molecule has 1 N–H and O–H groups in total. The molecule has 1 aromatic heterocycles. The van der Waals surface area contributed by atoms with Gasteiger partial charge in [0.05, 0.1) is 23.9 Å². The number of hydrogen-bond donors (Lipinski definition) is 1. The fraction of sp³-hybridized carbons (Fsp3) is 0.438. The summed E-state index contributed by atoms with van der Waals surface area (Å²) in [5.41, 5.74) is 2.15. The van der Waals surface area contributed by atoms with Gasteiger partial charge < -0.3 is 10.1 Å². The molecule has 3 rings (SSSR count). The summed E-state index contributed by atoms with van der Waals surface area (Å²) in [7, 11) is 0. The molecule has 4 heteroatoms. The number of para-hydroxylation sites is 1. The van der Waals surface area contributed by atoms with Gasteiger partial charge in [0.1, 0.15) is 0 Å². The summed E-state index contributed by atoms with van der Waals surface area (Å²) in [5.74, 6) is 0.500. The van der Waals surface area contributed by atoms with E-state index in [0.29, 0.717) is 5.92 Å². The van der Waals surface area contributed by atoms with E-state index >= 15 is 0 Å². The minimum Gasteiger partial charge on any atom is -0.381 e. The Morgan fingerprint density at radius 2 is 2.30 bits per heavy atom. The maximum atomic E-state index is 5.55. The van der Waals surface area contributed by atoms with Crippen LogP contribution in [0.25, 0.3) is 10.9 Å². The van der Waals surface area contributed by atoms with Crippen LogP contribution in [0.2, 0.25) is 0 Å². The van der Waals surface area contributed by atoms with Crippen LogP contribution in [-0.2, 0) is 4.74 Å². The van der Waals surface area contributed by atoms with Gasteiger partial charge >= 0.3 is 0 Å². The molecule has 0 radical (unpaired) electrons. The number of hydrogen-bond acceptors (Lipinski definition) is 3. The summed E-state index contributed by atoms with van der Waals surface area (Å²) in [5, 5.41) is 4.74. The summed E-state index contributed by atoms with van der Waals surface area (Å²) in [6.07, 6.45) is 1.10. The van der Waals surface area contributed by atoms with Crippen LogP contribution in [0.1, 0.15) is 25.1 Å². The largest absolute Gasteiger partial charge is 0.381 e. The first-order chi connectivity index (χ1) is 9.79. The second-order valence-electron chi connectivity index (χ2n) is 5.21. The van der Waals surface area contributed by atoms with Crippen molar-refractivity contribution in [3.63, 3.8) is 0 Å². The van der Waals surface area contributed by atoms with Crippen molar-refractivity contribution in [3.05, 3.63) is 40.5 Å². The van der Waals surface area contributed by atoms with E-state index in [-0.39, 0.29) is 6.04 Å². The maximum absolute atomic E-state index is 5.55. The Morgan fingerprint density at radius 3 is 3.05 bits per heavy atom. The average Bonchev–Trinajstić information content (AvgIpc) is 2.98. The lowest BCUT2D eigenvalue weighted by molar-refractivity contribution is 0.176. The third-order valence-corrected chi connectivity index (χ3v) is 4.49. The van der Waals surface area contributed by atoms with Crippen LogP contribution >= 0.6 is 15.9 Å². The smallest absolute Gasteiger partial charge is 0.0726 e. The number of rotatable bonds is 4. The van der Waals surface area contributed by atoms with Crippen molar-refractivity contribution in [3.8, 4) is 0 Å². The second kappa shape index (κ2) is 6.20. The molecule has 3 nitrogen and oxygen atoms in total. The fourth-order valence-corrected chi connectivity index (χ4v) is 3.43. The second-order valence-corrected chi connectivity index (χ2v) is 6.06. The molecular weight excluding hydrogens is 316 g/mol. The normalized spacial score (nSPS) is 20.4. The van der Waals surface area contributed by atoms with Crippen LogP contribution in [0.3, 0.4) is 0 Å². The first kappa shape index (κ1) is 14.0. The summed E-state index contributed by atoms with van der Waals surface area (Å²) >= 11 is 3.69. The predicted octanol–water partition coefficient (Wildman–Crippen LogP) is 3.68. The van der Waals surface area contributed by atoms with Crippen molar-refractivity contribution < 1.29 is 4.74 Å². The van der Waals surface area contributed by atoms with Crippen molar-refractivity contribution in [2.75, 3.05) is 19.8 Å². The third-order valence-electron chi connectivity index (χ3n) is 3.86. The van der Waals surface area contributed by atoms with Crippen molar-refractivity contribution in [1.82, 2.24) is 10.3 Å². The first-order valence-corrected chi connectivity index (χ1v) is 7.95. The molecule has 2 heterocycles. The van der Waals surface area contributed by atoms with E-state index in [1.54, 1.807) is 0 Å². The monoisotopic (exact) mass is 334 g/mol. The lowest BCUT2D eigenvalue weighted by atomic mass is 9.95. The zero-order valence-corrected chi connectivity index (χ0v) is 13.2. The molecule has 2 aromatic rings. The highest BCUT2D eigenvalue weighted by atomic mass is 79.9. The van der Waals surface area contributed by atoms with E-state index in [1.807, 2.05) is 12.1 Å². The molecule has 1 saturated heterocycles. The van der Waals surface area contributed by atoms with Crippen LogP contribution in [0, 0.1) is 5.92 Å². The van der Waals surface area contributed by atoms with Crippen LogP contribution in [0.15, 0.2) is 34.8 Å². The van der Waals surface area contributed by atoms with Crippen LogP contribution in [0.5, 0.6) is 0 Å². The van der Waals surface area contributed by atoms with E-state index in [0.717, 1.165) is 41.9 Å².